The zero-order chi connectivity index (χ0) is 10.9. The summed E-state index contributed by atoms with van der Waals surface area (Å²) in [5.41, 5.74) is 0.632. The normalized spacial score (nSPS) is 30.9. The number of allylic oxidation sites excluding steroid dienone is 1. The van der Waals surface area contributed by atoms with Crippen LogP contribution in [0.3, 0.4) is 0 Å². The summed E-state index contributed by atoms with van der Waals surface area (Å²) < 4.78 is 0. The third kappa shape index (κ3) is 1.72. The summed E-state index contributed by atoms with van der Waals surface area (Å²) in [6.07, 6.45) is 1.77. The van der Waals surface area contributed by atoms with E-state index in [1.54, 1.807) is 0 Å². The number of hydrogen-bond acceptors (Lipinski definition) is 2. The molecule has 76 valence electrons. The number of rotatable bonds is 1. The zero-order valence-corrected chi connectivity index (χ0v) is 9.13. The molecular weight excluding hydrogens is 174 g/mol. The summed E-state index contributed by atoms with van der Waals surface area (Å²) in [5, 5.41) is 9.00. The number of nitriles is 1. The van der Waals surface area contributed by atoms with Gasteiger partial charge in [0.05, 0.1) is 6.07 Å². The predicted octanol–water partition coefficient (Wildman–Crippen LogP) is 2.71. The summed E-state index contributed by atoms with van der Waals surface area (Å²) in [5.74, 6) is -0.323. The Morgan fingerprint density at radius 2 is 2.21 bits per heavy atom. The molecule has 1 rings (SSSR count). The van der Waals surface area contributed by atoms with Crippen LogP contribution in [-0.4, -0.2) is 5.78 Å². The Hall–Kier alpha value is -1.10. The van der Waals surface area contributed by atoms with Gasteiger partial charge in [-0.25, -0.2) is 0 Å². The van der Waals surface area contributed by atoms with Crippen LogP contribution in [0.1, 0.15) is 33.6 Å². The summed E-state index contributed by atoms with van der Waals surface area (Å²) in [7, 11) is 0. The number of ketones is 1. The van der Waals surface area contributed by atoms with Gasteiger partial charge in [0, 0.05) is 11.3 Å². The Bertz CT molecular complexity index is 309. The van der Waals surface area contributed by atoms with Crippen LogP contribution in [0.25, 0.3) is 0 Å². The molecule has 0 radical (unpaired) electrons. The standard InChI is InChI=1S/C12H17NO/c1-8(2)9-5-6-12(3,4)11(14)10(9)7-13/h9-10H,1,5-6H2,2-4H3. The molecule has 2 nitrogen and oxygen atoms in total. The lowest BCUT2D eigenvalue weighted by Gasteiger charge is -2.36. The molecule has 0 aromatic heterocycles. The van der Waals surface area contributed by atoms with Crippen molar-refractivity contribution in [2.45, 2.75) is 33.6 Å². The molecule has 0 spiro atoms. The van der Waals surface area contributed by atoms with E-state index in [2.05, 4.69) is 12.6 Å². The van der Waals surface area contributed by atoms with Crippen molar-refractivity contribution >= 4 is 5.78 Å². The van der Waals surface area contributed by atoms with Crippen molar-refractivity contribution in [1.29, 1.82) is 5.26 Å². The van der Waals surface area contributed by atoms with E-state index >= 15 is 0 Å². The molecule has 2 atom stereocenters. The monoisotopic (exact) mass is 191 g/mol. The molecule has 14 heavy (non-hydrogen) atoms. The predicted molar refractivity (Wildman–Crippen MR) is 55.4 cm³/mol. The Morgan fingerprint density at radius 1 is 1.64 bits per heavy atom. The minimum absolute atomic E-state index is 0.0699. The fourth-order valence-corrected chi connectivity index (χ4v) is 2.09. The Balaban J connectivity index is 2.96. The Kier molecular flexibility index (Phi) is 2.80. The average Bonchev–Trinajstić information content (AvgIpc) is 2.09. The van der Waals surface area contributed by atoms with E-state index in [4.69, 9.17) is 5.26 Å². The molecule has 2 heteroatoms. The van der Waals surface area contributed by atoms with Gasteiger partial charge in [-0.15, -0.1) is 0 Å². The number of Topliss-reactive ketones (excluding diaryl/α,β-unsaturated/α-hetero) is 1. The number of carbonyl (C=O) groups excluding carboxylic acids is 1. The molecule has 0 heterocycles. The summed E-state index contributed by atoms with van der Waals surface area (Å²) >= 11 is 0. The Labute approximate surface area is 85.6 Å². The maximum Gasteiger partial charge on any atom is 0.156 e. The SMILES string of the molecule is C=C(C)C1CCC(C)(C)C(=O)C1C#N. The van der Waals surface area contributed by atoms with Crippen molar-refractivity contribution in [2.24, 2.45) is 17.3 Å². The van der Waals surface area contributed by atoms with Gasteiger partial charge in [-0.2, -0.15) is 5.26 Å². The average molecular weight is 191 g/mol. The zero-order valence-electron chi connectivity index (χ0n) is 9.13. The highest BCUT2D eigenvalue weighted by atomic mass is 16.1. The lowest BCUT2D eigenvalue weighted by Crippen LogP contribution is -2.40. The van der Waals surface area contributed by atoms with Gasteiger partial charge in [0.15, 0.2) is 5.78 Å². The van der Waals surface area contributed by atoms with Gasteiger partial charge >= 0.3 is 0 Å². The van der Waals surface area contributed by atoms with Gasteiger partial charge in [-0.1, -0.05) is 26.0 Å². The first kappa shape index (κ1) is 11.0. The summed E-state index contributed by atoms with van der Waals surface area (Å²) in [6.45, 7) is 9.61. The molecule has 1 fully saturated rings. The third-order valence-electron chi connectivity index (χ3n) is 3.20. The first-order valence-electron chi connectivity index (χ1n) is 4.99. The molecule has 2 unspecified atom stereocenters. The molecule has 0 aromatic rings. The van der Waals surface area contributed by atoms with Gasteiger partial charge in [-0.05, 0) is 19.8 Å². The van der Waals surface area contributed by atoms with Gasteiger partial charge in [0.2, 0.25) is 0 Å². The lowest BCUT2D eigenvalue weighted by atomic mass is 9.65. The van der Waals surface area contributed by atoms with E-state index < -0.39 is 5.92 Å². The topological polar surface area (TPSA) is 40.9 Å². The van der Waals surface area contributed by atoms with Crippen molar-refractivity contribution in [3.05, 3.63) is 12.2 Å². The minimum atomic E-state index is -0.476. The maximum atomic E-state index is 11.9. The molecule has 0 saturated heterocycles. The van der Waals surface area contributed by atoms with Crippen molar-refractivity contribution < 1.29 is 4.79 Å². The van der Waals surface area contributed by atoms with Crippen molar-refractivity contribution in [1.82, 2.24) is 0 Å². The number of nitrogens with zero attached hydrogens (tertiary/aromatic N) is 1. The van der Waals surface area contributed by atoms with Gasteiger partial charge in [0.1, 0.15) is 5.92 Å². The summed E-state index contributed by atoms with van der Waals surface area (Å²) in [6, 6.07) is 2.13. The van der Waals surface area contributed by atoms with E-state index in [1.165, 1.54) is 0 Å². The van der Waals surface area contributed by atoms with Crippen LogP contribution in [-0.2, 0) is 4.79 Å². The van der Waals surface area contributed by atoms with Crippen LogP contribution in [0, 0.1) is 28.6 Å². The summed E-state index contributed by atoms with van der Waals surface area (Å²) in [4.78, 5) is 11.9. The van der Waals surface area contributed by atoms with Crippen molar-refractivity contribution in [3.8, 4) is 6.07 Å². The largest absolute Gasteiger partial charge is 0.298 e. The second kappa shape index (κ2) is 3.57. The van der Waals surface area contributed by atoms with Crippen LogP contribution in [0.5, 0.6) is 0 Å². The van der Waals surface area contributed by atoms with Crippen LogP contribution >= 0.6 is 0 Å². The minimum Gasteiger partial charge on any atom is -0.298 e. The van der Waals surface area contributed by atoms with Gasteiger partial charge < -0.3 is 0 Å². The van der Waals surface area contributed by atoms with Gasteiger partial charge in [-0.3, -0.25) is 4.79 Å². The molecule has 1 aliphatic rings. The fourth-order valence-electron chi connectivity index (χ4n) is 2.09. The first-order chi connectivity index (χ1) is 6.40. The molecule has 0 amide bonds. The number of hydrogen-bond donors (Lipinski definition) is 0. The van der Waals surface area contributed by atoms with E-state index in [0.29, 0.717) is 0 Å². The van der Waals surface area contributed by atoms with Crippen LogP contribution in [0.4, 0.5) is 0 Å². The molecular formula is C12H17NO. The smallest absolute Gasteiger partial charge is 0.156 e. The Morgan fingerprint density at radius 3 is 2.64 bits per heavy atom. The second-order valence-corrected chi connectivity index (χ2v) is 4.85. The highest BCUT2D eigenvalue weighted by Crippen LogP contribution is 2.41. The van der Waals surface area contributed by atoms with Crippen LogP contribution in [0.15, 0.2) is 12.2 Å². The van der Waals surface area contributed by atoms with Crippen LogP contribution < -0.4 is 0 Å². The quantitative estimate of drug-likeness (QED) is 0.598. The highest BCUT2D eigenvalue weighted by molar-refractivity contribution is 5.89. The van der Waals surface area contributed by atoms with E-state index in [0.717, 1.165) is 18.4 Å². The van der Waals surface area contributed by atoms with E-state index in [9.17, 15) is 4.79 Å². The number of carbonyl (C=O) groups is 1. The third-order valence-corrected chi connectivity index (χ3v) is 3.20. The second-order valence-electron chi connectivity index (χ2n) is 4.85. The lowest BCUT2D eigenvalue weighted by molar-refractivity contribution is -0.133. The molecule has 1 saturated carbocycles. The molecule has 1 aliphatic carbocycles. The van der Waals surface area contributed by atoms with E-state index in [1.807, 2.05) is 20.8 Å². The van der Waals surface area contributed by atoms with Crippen molar-refractivity contribution in [2.75, 3.05) is 0 Å². The molecule has 0 aromatic carbocycles. The molecule has 0 bridgehead atoms. The maximum absolute atomic E-state index is 11.9. The van der Waals surface area contributed by atoms with Crippen molar-refractivity contribution in [3.63, 3.8) is 0 Å². The van der Waals surface area contributed by atoms with E-state index in [-0.39, 0.29) is 17.1 Å². The molecule has 0 N–H and O–H groups in total. The fraction of sp³-hybridized carbons (Fsp3) is 0.667. The first-order valence-corrected chi connectivity index (χ1v) is 4.99. The highest BCUT2D eigenvalue weighted by Gasteiger charge is 2.43. The molecule has 0 aliphatic heterocycles. The van der Waals surface area contributed by atoms with Crippen LogP contribution in [0.2, 0.25) is 0 Å². The van der Waals surface area contributed by atoms with Gasteiger partial charge in [0.25, 0.3) is 0 Å².